The van der Waals surface area contributed by atoms with Gasteiger partial charge in [-0.1, -0.05) is 19.8 Å². The summed E-state index contributed by atoms with van der Waals surface area (Å²) in [6.45, 7) is 4.88. The van der Waals surface area contributed by atoms with Gasteiger partial charge in [0.2, 0.25) is 5.91 Å². The molecule has 17 heavy (non-hydrogen) atoms. The van der Waals surface area contributed by atoms with E-state index in [1.54, 1.807) is 0 Å². The van der Waals surface area contributed by atoms with Crippen molar-refractivity contribution in [3.63, 3.8) is 0 Å². The third-order valence-corrected chi connectivity index (χ3v) is 3.08. The van der Waals surface area contributed by atoms with Crippen molar-refractivity contribution in [3.05, 3.63) is 0 Å². The first-order chi connectivity index (χ1) is 8.13. The molecule has 0 aliphatic carbocycles. The van der Waals surface area contributed by atoms with E-state index in [4.69, 9.17) is 5.11 Å². The predicted molar refractivity (Wildman–Crippen MR) is 64.8 cm³/mol. The summed E-state index contributed by atoms with van der Waals surface area (Å²) in [5.41, 5.74) is 0. The number of piperazine rings is 1. The SMILES string of the molecule is CCCCCC(=O)N1CCN(CC(=O)O)CC1. The largest absolute Gasteiger partial charge is 0.480 e. The number of unbranched alkanes of at least 4 members (excludes halogenated alkanes) is 2. The fraction of sp³-hybridized carbons (Fsp3) is 0.833. The van der Waals surface area contributed by atoms with Gasteiger partial charge in [0.15, 0.2) is 0 Å². The van der Waals surface area contributed by atoms with E-state index in [9.17, 15) is 9.59 Å². The number of carboxylic acid groups (broad SMARTS) is 1. The summed E-state index contributed by atoms with van der Waals surface area (Å²) in [7, 11) is 0. The molecule has 0 bridgehead atoms. The number of carboxylic acids is 1. The highest BCUT2D eigenvalue weighted by atomic mass is 16.4. The molecule has 0 aromatic carbocycles. The van der Waals surface area contributed by atoms with Gasteiger partial charge in [0.05, 0.1) is 6.54 Å². The minimum atomic E-state index is -0.798. The van der Waals surface area contributed by atoms with E-state index in [-0.39, 0.29) is 12.5 Å². The molecule has 0 aromatic heterocycles. The summed E-state index contributed by atoms with van der Waals surface area (Å²) < 4.78 is 0. The first-order valence-electron chi connectivity index (χ1n) is 6.35. The van der Waals surface area contributed by atoms with E-state index in [0.717, 1.165) is 19.3 Å². The number of amides is 1. The van der Waals surface area contributed by atoms with Crippen LogP contribution in [0.3, 0.4) is 0 Å². The molecule has 0 aromatic rings. The number of aliphatic carboxylic acids is 1. The van der Waals surface area contributed by atoms with Crippen LogP contribution in [0, 0.1) is 0 Å². The van der Waals surface area contributed by atoms with E-state index in [0.29, 0.717) is 32.6 Å². The summed E-state index contributed by atoms with van der Waals surface area (Å²) in [5, 5.41) is 8.66. The zero-order valence-corrected chi connectivity index (χ0v) is 10.5. The molecule has 0 atom stereocenters. The molecule has 1 N–H and O–H groups in total. The molecule has 0 spiro atoms. The third-order valence-electron chi connectivity index (χ3n) is 3.08. The Kier molecular flexibility index (Phi) is 5.97. The molecule has 1 aliphatic heterocycles. The van der Waals surface area contributed by atoms with Gasteiger partial charge in [0.25, 0.3) is 0 Å². The second-order valence-corrected chi connectivity index (χ2v) is 4.51. The maximum absolute atomic E-state index is 11.8. The maximum atomic E-state index is 11.8. The number of nitrogens with zero attached hydrogens (tertiary/aromatic N) is 2. The Morgan fingerprint density at radius 3 is 2.29 bits per heavy atom. The standard InChI is InChI=1S/C12H22N2O3/c1-2-3-4-5-11(15)14-8-6-13(7-9-14)10-12(16)17/h2-10H2,1H3,(H,16,17). The van der Waals surface area contributed by atoms with Gasteiger partial charge in [-0.2, -0.15) is 0 Å². The summed E-state index contributed by atoms with van der Waals surface area (Å²) in [6.07, 6.45) is 3.82. The molecule has 1 fully saturated rings. The lowest BCUT2D eigenvalue weighted by Crippen LogP contribution is -2.49. The topological polar surface area (TPSA) is 60.9 Å². The molecular formula is C12H22N2O3. The number of carbonyl (C=O) groups is 2. The van der Waals surface area contributed by atoms with Crippen LogP contribution in [0.15, 0.2) is 0 Å². The molecule has 1 saturated heterocycles. The zero-order valence-electron chi connectivity index (χ0n) is 10.5. The van der Waals surface area contributed by atoms with Gasteiger partial charge in [0, 0.05) is 32.6 Å². The van der Waals surface area contributed by atoms with Crippen molar-refractivity contribution in [2.45, 2.75) is 32.6 Å². The highest BCUT2D eigenvalue weighted by Gasteiger charge is 2.21. The van der Waals surface area contributed by atoms with Crippen LogP contribution in [0.2, 0.25) is 0 Å². The molecular weight excluding hydrogens is 220 g/mol. The predicted octanol–water partition coefficient (Wildman–Crippen LogP) is 0.795. The van der Waals surface area contributed by atoms with Gasteiger partial charge in [-0.15, -0.1) is 0 Å². The van der Waals surface area contributed by atoms with E-state index in [1.807, 2.05) is 9.80 Å². The Bertz CT molecular complexity index is 260. The summed E-state index contributed by atoms with van der Waals surface area (Å²) in [6, 6.07) is 0. The first-order valence-corrected chi connectivity index (χ1v) is 6.35. The average molecular weight is 242 g/mol. The van der Waals surface area contributed by atoms with Crippen LogP contribution in [0.1, 0.15) is 32.6 Å². The summed E-state index contributed by atoms with van der Waals surface area (Å²) in [4.78, 5) is 26.1. The Hall–Kier alpha value is -1.10. The van der Waals surface area contributed by atoms with Gasteiger partial charge in [-0.05, 0) is 6.42 Å². The van der Waals surface area contributed by atoms with Crippen LogP contribution in [0.5, 0.6) is 0 Å². The molecule has 0 unspecified atom stereocenters. The van der Waals surface area contributed by atoms with Crippen molar-refractivity contribution in [2.24, 2.45) is 0 Å². The number of hydrogen-bond acceptors (Lipinski definition) is 3. The number of carbonyl (C=O) groups excluding carboxylic acids is 1. The second-order valence-electron chi connectivity index (χ2n) is 4.51. The van der Waals surface area contributed by atoms with Gasteiger partial charge >= 0.3 is 5.97 Å². The van der Waals surface area contributed by atoms with Crippen LogP contribution >= 0.6 is 0 Å². The molecule has 1 rings (SSSR count). The molecule has 98 valence electrons. The Morgan fingerprint density at radius 1 is 1.12 bits per heavy atom. The fourth-order valence-corrected chi connectivity index (χ4v) is 2.03. The Morgan fingerprint density at radius 2 is 1.76 bits per heavy atom. The lowest BCUT2D eigenvalue weighted by molar-refractivity contribution is -0.139. The minimum Gasteiger partial charge on any atom is -0.480 e. The Balaban J connectivity index is 2.21. The summed E-state index contributed by atoms with van der Waals surface area (Å²) >= 11 is 0. The van der Waals surface area contributed by atoms with Gasteiger partial charge < -0.3 is 10.0 Å². The van der Waals surface area contributed by atoms with E-state index >= 15 is 0 Å². The highest BCUT2D eigenvalue weighted by molar-refractivity contribution is 5.76. The van der Waals surface area contributed by atoms with Crippen LogP contribution < -0.4 is 0 Å². The highest BCUT2D eigenvalue weighted by Crippen LogP contribution is 2.07. The van der Waals surface area contributed by atoms with Gasteiger partial charge in [-0.25, -0.2) is 0 Å². The van der Waals surface area contributed by atoms with Crippen LogP contribution in [0.4, 0.5) is 0 Å². The van der Waals surface area contributed by atoms with Crippen molar-refractivity contribution < 1.29 is 14.7 Å². The van der Waals surface area contributed by atoms with Crippen LogP contribution in [-0.4, -0.2) is 59.5 Å². The molecule has 0 saturated carbocycles. The molecule has 0 radical (unpaired) electrons. The number of hydrogen-bond donors (Lipinski definition) is 1. The molecule has 5 heteroatoms. The van der Waals surface area contributed by atoms with E-state index in [1.165, 1.54) is 0 Å². The number of rotatable bonds is 6. The quantitative estimate of drug-likeness (QED) is 0.700. The molecule has 1 amide bonds. The van der Waals surface area contributed by atoms with Crippen molar-refractivity contribution in [3.8, 4) is 0 Å². The normalized spacial score (nSPS) is 17.1. The lowest BCUT2D eigenvalue weighted by Gasteiger charge is -2.33. The lowest BCUT2D eigenvalue weighted by atomic mass is 10.2. The molecule has 1 aliphatic rings. The maximum Gasteiger partial charge on any atom is 0.317 e. The van der Waals surface area contributed by atoms with Crippen molar-refractivity contribution in [2.75, 3.05) is 32.7 Å². The fourth-order valence-electron chi connectivity index (χ4n) is 2.03. The second kappa shape index (κ2) is 7.27. The average Bonchev–Trinajstić information content (AvgIpc) is 2.29. The van der Waals surface area contributed by atoms with Crippen molar-refractivity contribution >= 4 is 11.9 Å². The summed E-state index contributed by atoms with van der Waals surface area (Å²) in [5.74, 6) is -0.582. The molecule has 5 nitrogen and oxygen atoms in total. The minimum absolute atomic E-state index is 0.0812. The smallest absolute Gasteiger partial charge is 0.317 e. The zero-order chi connectivity index (χ0) is 12.7. The van der Waals surface area contributed by atoms with Gasteiger partial charge in [0.1, 0.15) is 0 Å². The van der Waals surface area contributed by atoms with E-state index < -0.39 is 5.97 Å². The first kappa shape index (κ1) is 14.0. The van der Waals surface area contributed by atoms with Crippen LogP contribution in [0.25, 0.3) is 0 Å². The van der Waals surface area contributed by atoms with Crippen molar-refractivity contribution in [1.82, 2.24) is 9.80 Å². The van der Waals surface area contributed by atoms with Crippen molar-refractivity contribution in [1.29, 1.82) is 0 Å². The van der Waals surface area contributed by atoms with Gasteiger partial charge in [-0.3, -0.25) is 14.5 Å². The van der Waals surface area contributed by atoms with Crippen LogP contribution in [-0.2, 0) is 9.59 Å². The molecule has 1 heterocycles. The Labute approximate surface area is 102 Å². The third kappa shape index (κ3) is 5.17. The van der Waals surface area contributed by atoms with E-state index in [2.05, 4.69) is 6.92 Å². The monoisotopic (exact) mass is 242 g/mol.